The molecule has 2 heterocycles. The summed E-state index contributed by atoms with van der Waals surface area (Å²) in [6, 6.07) is 17.8. The number of ether oxygens (including phenoxy) is 1. The Morgan fingerprint density at radius 3 is 2.29 bits per heavy atom. The molecule has 0 saturated carbocycles. The average Bonchev–Trinajstić information content (AvgIpc) is 3.25. The quantitative estimate of drug-likeness (QED) is 0.0771. The fourth-order valence-electron chi connectivity index (χ4n) is 8.21. The van der Waals surface area contributed by atoms with Crippen molar-refractivity contribution in [3.8, 4) is 40.1 Å². The highest BCUT2D eigenvalue weighted by molar-refractivity contribution is 7.59. The van der Waals surface area contributed by atoms with Gasteiger partial charge in [-0.3, -0.25) is 24.0 Å². The number of carbonyl (C=O) groups excluding carboxylic acids is 5. The van der Waals surface area contributed by atoms with Crippen molar-refractivity contribution in [3.63, 3.8) is 0 Å². The number of aromatic hydroxyl groups is 1. The molecule has 1 aromatic heterocycles. The van der Waals surface area contributed by atoms with E-state index in [0.29, 0.717) is 57.4 Å². The molecule has 1 aliphatic heterocycles. The first kappa shape index (κ1) is 51.7. The number of Topliss-reactive ketones (excluding diaryl/α,β-unsaturated/α-hetero) is 3. The maximum absolute atomic E-state index is 14.7. The second-order valence-corrected chi connectivity index (χ2v) is 17.9. The van der Waals surface area contributed by atoms with Crippen molar-refractivity contribution in [1.29, 1.82) is 5.26 Å². The third-order valence-corrected chi connectivity index (χ3v) is 11.9. The molecule has 0 unspecified atom stereocenters. The van der Waals surface area contributed by atoms with Crippen molar-refractivity contribution in [2.45, 2.75) is 117 Å². The van der Waals surface area contributed by atoms with Gasteiger partial charge < -0.3 is 25.8 Å². The SMILES string of the molecule is CCCCOc1ccc2cc1-c1cc(ccc1O)C[C@@H](C(=O)CCC#N)NC(=O)[C@H](C)CC(=O)[C@H]2N(C)C(=O)[C@H](CCN)CC(=O)c1c(C)nc(-c2ccc(C(C)(C)C)cc2)nc1C.S. The molecule has 4 aromatic rings. The fraction of sp³-hybridized carbons (Fsp3) is 0.451. The van der Waals surface area contributed by atoms with Crippen LogP contribution in [0.3, 0.4) is 0 Å². The highest BCUT2D eigenvalue weighted by atomic mass is 32.1. The molecule has 4 atom stereocenters. The van der Waals surface area contributed by atoms with Gasteiger partial charge in [0.15, 0.2) is 23.2 Å². The zero-order chi connectivity index (χ0) is 46.9. The Morgan fingerprint density at radius 2 is 1.68 bits per heavy atom. The average molecular weight is 905 g/mol. The Bertz CT molecular complexity index is 2400. The molecular weight excluding hydrogens is 841 g/mol. The Labute approximate surface area is 390 Å². The molecule has 0 spiro atoms. The van der Waals surface area contributed by atoms with E-state index >= 15 is 0 Å². The molecule has 14 heteroatoms. The number of nitrogens with zero attached hydrogens (tertiary/aromatic N) is 4. The van der Waals surface area contributed by atoms with Gasteiger partial charge in [0, 0.05) is 61.3 Å². The van der Waals surface area contributed by atoms with Crippen molar-refractivity contribution in [1.82, 2.24) is 20.2 Å². The van der Waals surface area contributed by atoms with E-state index in [1.54, 1.807) is 51.1 Å². The maximum atomic E-state index is 14.7. The zero-order valence-electron chi connectivity index (χ0n) is 38.9. The van der Waals surface area contributed by atoms with Crippen LogP contribution in [-0.2, 0) is 31.0 Å². The number of amides is 2. The van der Waals surface area contributed by atoms with Crippen molar-refractivity contribution in [2.24, 2.45) is 17.6 Å². The number of nitrogens with one attached hydrogen (secondary N) is 1. The minimum Gasteiger partial charge on any atom is -0.507 e. The van der Waals surface area contributed by atoms with Crippen molar-refractivity contribution in [3.05, 3.63) is 94.3 Å². The van der Waals surface area contributed by atoms with Crippen LogP contribution in [0.15, 0.2) is 60.7 Å². The summed E-state index contributed by atoms with van der Waals surface area (Å²) < 4.78 is 6.23. The van der Waals surface area contributed by atoms with Gasteiger partial charge in [-0.05, 0) is 86.0 Å². The van der Waals surface area contributed by atoms with Crippen LogP contribution in [0.4, 0.5) is 0 Å². The summed E-state index contributed by atoms with van der Waals surface area (Å²) in [6.07, 6.45) is 1.23. The molecule has 1 aliphatic rings. The summed E-state index contributed by atoms with van der Waals surface area (Å²) in [6.45, 7) is 14.0. The number of aryl methyl sites for hydroxylation is 2. The van der Waals surface area contributed by atoms with Crippen LogP contribution < -0.4 is 15.8 Å². The normalized spacial score (nSPS) is 16.8. The van der Waals surface area contributed by atoms with Gasteiger partial charge in [0.25, 0.3) is 0 Å². The summed E-state index contributed by atoms with van der Waals surface area (Å²) in [5.74, 6) is -3.19. The largest absolute Gasteiger partial charge is 0.507 e. The van der Waals surface area contributed by atoms with Gasteiger partial charge in [-0.1, -0.05) is 77.4 Å². The number of nitrogens with two attached hydrogens (primary N) is 1. The number of rotatable bonds is 15. The van der Waals surface area contributed by atoms with E-state index in [0.717, 1.165) is 18.4 Å². The van der Waals surface area contributed by atoms with E-state index in [2.05, 4.69) is 26.1 Å². The van der Waals surface area contributed by atoms with E-state index in [9.17, 15) is 34.3 Å². The zero-order valence-corrected chi connectivity index (χ0v) is 39.9. The summed E-state index contributed by atoms with van der Waals surface area (Å²) in [5, 5.41) is 23.3. The van der Waals surface area contributed by atoms with E-state index in [1.807, 2.05) is 37.3 Å². The molecule has 0 radical (unpaired) electrons. The third kappa shape index (κ3) is 12.7. The second kappa shape index (κ2) is 22.8. The van der Waals surface area contributed by atoms with Crippen molar-refractivity contribution in [2.75, 3.05) is 20.2 Å². The first-order valence-electron chi connectivity index (χ1n) is 22.2. The predicted octanol–water partition coefficient (Wildman–Crippen LogP) is 7.97. The number of unbranched alkanes of at least 4 members (excludes halogenated alkanes) is 1. The number of phenols is 1. The number of hydrogen-bond acceptors (Lipinski definition) is 11. The lowest BCUT2D eigenvalue weighted by atomic mass is 9.86. The van der Waals surface area contributed by atoms with Crippen LogP contribution in [-0.4, -0.2) is 75.4 Å². The summed E-state index contributed by atoms with van der Waals surface area (Å²) in [5.41, 5.74) is 11.1. The van der Waals surface area contributed by atoms with Crippen molar-refractivity contribution < 1.29 is 33.8 Å². The van der Waals surface area contributed by atoms with Crippen molar-refractivity contribution >= 4 is 42.7 Å². The van der Waals surface area contributed by atoms with Crippen LogP contribution in [0.2, 0.25) is 0 Å². The van der Waals surface area contributed by atoms with Crippen LogP contribution >= 0.6 is 13.5 Å². The first-order chi connectivity index (χ1) is 30.4. The third-order valence-electron chi connectivity index (χ3n) is 11.9. The number of phenolic OH excluding ortho intramolecular Hbond substituents is 1. The van der Waals surface area contributed by atoms with Gasteiger partial charge in [-0.25, -0.2) is 9.97 Å². The Morgan fingerprint density at radius 1 is 1.00 bits per heavy atom. The summed E-state index contributed by atoms with van der Waals surface area (Å²) >= 11 is 0. The minimum atomic E-state index is -1.24. The van der Waals surface area contributed by atoms with Crippen LogP contribution in [0.5, 0.6) is 11.5 Å². The molecule has 5 rings (SSSR count). The standard InChI is InChI=1S/C51H62N6O7.H2S/c1-9-10-24-64-45-20-16-35-28-39(45)38-26-33(13-19-41(38)58)27-40(42(59)12-11-22-52)56-49(62)30(2)25-44(61)47(35)57(8)50(63)36(21-23-53)29-43(60)46-31(3)54-48(55-32(46)4)34-14-17-37(18-15-34)51(5,6)7;/h13-20,26,28,30,36,40,47,58H,9-12,21,23-25,27,29,53H2,1-8H3,(H,56,62);1H2/t30-,36-,40+,47+;/m1./s1. The lowest BCUT2D eigenvalue weighted by Crippen LogP contribution is -2.46. The molecule has 0 saturated heterocycles. The monoisotopic (exact) mass is 904 g/mol. The van der Waals surface area contributed by atoms with Gasteiger partial charge >= 0.3 is 0 Å². The lowest BCUT2D eigenvalue weighted by Gasteiger charge is -2.32. The topological polar surface area (TPSA) is 206 Å². The first-order valence-corrected chi connectivity index (χ1v) is 22.2. The van der Waals surface area contributed by atoms with Gasteiger partial charge in [0.05, 0.1) is 35.7 Å². The molecule has 0 aliphatic carbocycles. The second-order valence-electron chi connectivity index (χ2n) is 17.9. The number of ketones is 3. The van der Waals surface area contributed by atoms with Gasteiger partial charge in [-0.15, -0.1) is 0 Å². The molecule has 0 fully saturated rings. The highest BCUT2D eigenvalue weighted by Gasteiger charge is 2.36. The molecule has 346 valence electrons. The van der Waals surface area contributed by atoms with E-state index < -0.39 is 41.5 Å². The van der Waals surface area contributed by atoms with Gasteiger partial charge in [0.1, 0.15) is 17.5 Å². The smallest absolute Gasteiger partial charge is 0.226 e. The molecule has 65 heavy (non-hydrogen) atoms. The minimum absolute atomic E-state index is 0. The molecule has 2 amide bonds. The lowest BCUT2D eigenvalue weighted by molar-refractivity contribution is -0.142. The van der Waals surface area contributed by atoms with Gasteiger partial charge in [-0.2, -0.15) is 18.8 Å². The number of fused-ring (bicyclic) bond motifs is 5. The van der Waals surface area contributed by atoms with E-state index in [4.69, 9.17) is 20.4 Å². The van der Waals surface area contributed by atoms with Crippen LogP contribution in [0, 0.1) is 37.0 Å². The number of benzene rings is 3. The molecule has 4 bridgehead atoms. The molecule has 3 aromatic carbocycles. The number of likely N-dealkylation sites (N-methyl/N-ethyl adjacent to an activating group) is 1. The van der Waals surface area contributed by atoms with E-state index in [1.165, 1.54) is 23.6 Å². The number of nitriles is 1. The summed E-state index contributed by atoms with van der Waals surface area (Å²) in [7, 11) is 1.50. The number of aromatic nitrogens is 2. The summed E-state index contributed by atoms with van der Waals surface area (Å²) in [4.78, 5) is 81.4. The van der Waals surface area contributed by atoms with Crippen LogP contribution in [0.1, 0.15) is 124 Å². The fourth-order valence-corrected chi connectivity index (χ4v) is 8.21. The Hall–Kier alpha value is -5.91. The van der Waals surface area contributed by atoms with E-state index in [-0.39, 0.29) is 81.3 Å². The molecule has 13 nitrogen and oxygen atoms in total. The Kier molecular flexibility index (Phi) is 18.2. The van der Waals surface area contributed by atoms with Gasteiger partial charge in [0.2, 0.25) is 11.8 Å². The van der Waals surface area contributed by atoms with Crippen LogP contribution in [0.25, 0.3) is 22.5 Å². The maximum Gasteiger partial charge on any atom is 0.226 e. The molecule has 4 N–H and O–H groups in total. The number of carbonyl (C=O) groups is 5. The number of hydrogen-bond donors (Lipinski definition) is 3. The predicted molar refractivity (Wildman–Crippen MR) is 256 cm³/mol. The molecular formula is C51H64N6O7S. The Balaban J connectivity index is 0.00000925. The highest BCUT2D eigenvalue weighted by Crippen LogP contribution is 2.40.